The average molecular weight is 391 g/mol. The van der Waals surface area contributed by atoms with E-state index >= 15 is 0 Å². The van der Waals surface area contributed by atoms with E-state index in [0.29, 0.717) is 11.3 Å². The molecule has 0 radical (unpaired) electrons. The van der Waals surface area contributed by atoms with Gasteiger partial charge in [-0.05, 0) is 35.9 Å². The van der Waals surface area contributed by atoms with Gasteiger partial charge in [0.2, 0.25) is 5.82 Å². The standard InChI is InChI=1S/C18H16ClFN4O3/c1-27-13-5-2-11(3-6-13)16(25)9-24-10-21-17(23-24)18(26)22-15-7-4-12(19)8-14(15)20/h2-8,10,16,25H,9H2,1H3,(H,22,26)/t16-/m1/s1. The fourth-order valence-corrected chi connectivity index (χ4v) is 2.52. The third-order valence-electron chi connectivity index (χ3n) is 3.78. The summed E-state index contributed by atoms with van der Waals surface area (Å²) in [7, 11) is 1.56. The first kappa shape index (κ1) is 18.8. The fraction of sp³-hybridized carbons (Fsp3) is 0.167. The van der Waals surface area contributed by atoms with Gasteiger partial charge in [0.05, 0.1) is 25.4 Å². The maximum atomic E-state index is 13.8. The molecule has 9 heteroatoms. The van der Waals surface area contributed by atoms with Crippen LogP contribution in [0.3, 0.4) is 0 Å². The number of rotatable bonds is 6. The van der Waals surface area contributed by atoms with Crippen LogP contribution in [-0.2, 0) is 6.54 Å². The minimum absolute atomic E-state index is 0.0287. The van der Waals surface area contributed by atoms with Crippen molar-refractivity contribution >= 4 is 23.2 Å². The highest BCUT2D eigenvalue weighted by Gasteiger charge is 2.16. The number of aliphatic hydroxyl groups excluding tert-OH is 1. The van der Waals surface area contributed by atoms with Crippen LogP contribution in [0.2, 0.25) is 5.02 Å². The van der Waals surface area contributed by atoms with E-state index in [1.165, 1.54) is 23.1 Å². The van der Waals surface area contributed by atoms with Crippen molar-refractivity contribution in [2.75, 3.05) is 12.4 Å². The molecule has 0 aliphatic rings. The summed E-state index contributed by atoms with van der Waals surface area (Å²) in [6.07, 6.45) is 0.474. The SMILES string of the molecule is COc1ccc([C@H](O)Cn2cnc(C(=O)Nc3ccc(Cl)cc3F)n2)cc1. The van der Waals surface area contributed by atoms with Crippen LogP contribution >= 0.6 is 11.6 Å². The van der Waals surface area contributed by atoms with Crippen molar-refractivity contribution in [3.63, 3.8) is 0 Å². The van der Waals surface area contributed by atoms with Gasteiger partial charge in [-0.3, -0.25) is 4.79 Å². The van der Waals surface area contributed by atoms with Gasteiger partial charge >= 0.3 is 0 Å². The summed E-state index contributed by atoms with van der Waals surface area (Å²) in [5.41, 5.74) is 0.638. The Morgan fingerprint density at radius 2 is 2.07 bits per heavy atom. The molecule has 1 heterocycles. The molecule has 0 saturated heterocycles. The van der Waals surface area contributed by atoms with Crippen LogP contribution in [0.1, 0.15) is 22.3 Å². The Morgan fingerprint density at radius 3 is 2.74 bits per heavy atom. The van der Waals surface area contributed by atoms with Crippen LogP contribution in [0.4, 0.5) is 10.1 Å². The molecular weight excluding hydrogens is 375 g/mol. The van der Waals surface area contributed by atoms with Crippen molar-refractivity contribution in [3.8, 4) is 5.75 Å². The number of anilines is 1. The lowest BCUT2D eigenvalue weighted by Crippen LogP contribution is -2.16. The molecule has 0 fully saturated rings. The largest absolute Gasteiger partial charge is 0.497 e. The van der Waals surface area contributed by atoms with Crippen molar-refractivity contribution in [2.24, 2.45) is 0 Å². The van der Waals surface area contributed by atoms with Crippen LogP contribution in [0.25, 0.3) is 0 Å². The quantitative estimate of drug-likeness (QED) is 0.675. The van der Waals surface area contributed by atoms with Crippen molar-refractivity contribution < 1.29 is 19.0 Å². The Labute approximate surface area is 159 Å². The molecule has 1 aromatic heterocycles. The van der Waals surface area contributed by atoms with Gasteiger partial charge in [-0.25, -0.2) is 14.1 Å². The first-order chi connectivity index (χ1) is 13.0. The predicted octanol–water partition coefficient (Wildman–Crippen LogP) is 3.07. The molecule has 2 aromatic carbocycles. The number of ether oxygens (including phenoxy) is 1. The summed E-state index contributed by atoms with van der Waals surface area (Å²) < 4.78 is 20.2. The summed E-state index contributed by atoms with van der Waals surface area (Å²) in [4.78, 5) is 16.1. The maximum Gasteiger partial charge on any atom is 0.295 e. The zero-order chi connectivity index (χ0) is 19.4. The molecule has 27 heavy (non-hydrogen) atoms. The number of halogens is 2. The van der Waals surface area contributed by atoms with Gasteiger partial charge in [0.25, 0.3) is 5.91 Å². The third kappa shape index (κ3) is 4.60. The van der Waals surface area contributed by atoms with Gasteiger partial charge < -0.3 is 15.2 Å². The molecule has 0 unspecified atom stereocenters. The molecule has 0 aliphatic carbocycles. The predicted molar refractivity (Wildman–Crippen MR) is 97.3 cm³/mol. The molecule has 0 bridgehead atoms. The number of aliphatic hydroxyl groups is 1. The summed E-state index contributed by atoms with van der Waals surface area (Å²) in [5, 5.41) is 16.9. The van der Waals surface area contributed by atoms with Crippen molar-refractivity contribution in [1.82, 2.24) is 14.8 Å². The van der Waals surface area contributed by atoms with E-state index in [9.17, 15) is 14.3 Å². The Bertz CT molecular complexity index is 946. The molecule has 140 valence electrons. The minimum Gasteiger partial charge on any atom is -0.497 e. The monoisotopic (exact) mass is 390 g/mol. The molecular formula is C18H16ClFN4O3. The molecule has 1 atom stereocenters. The molecule has 2 N–H and O–H groups in total. The van der Waals surface area contributed by atoms with Gasteiger partial charge in [0.1, 0.15) is 17.9 Å². The lowest BCUT2D eigenvalue weighted by Gasteiger charge is -2.11. The van der Waals surface area contributed by atoms with E-state index in [1.54, 1.807) is 31.4 Å². The summed E-state index contributed by atoms with van der Waals surface area (Å²) in [5.74, 6) is -0.800. The summed E-state index contributed by atoms with van der Waals surface area (Å²) in [6, 6.07) is 10.8. The van der Waals surface area contributed by atoms with Crippen molar-refractivity contribution in [1.29, 1.82) is 0 Å². The average Bonchev–Trinajstić information content (AvgIpc) is 3.12. The number of hydrogen-bond acceptors (Lipinski definition) is 5. The Morgan fingerprint density at radius 1 is 1.33 bits per heavy atom. The third-order valence-corrected chi connectivity index (χ3v) is 4.01. The number of nitrogens with zero attached hydrogens (tertiary/aromatic N) is 3. The second-order valence-corrected chi connectivity index (χ2v) is 6.09. The number of hydrogen-bond donors (Lipinski definition) is 2. The fourth-order valence-electron chi connectivity index (χ4n) is 2.36. The minimum atomic E-state index is -0.845. The smallest absolute Gasteiger partial charge is 0.295 e. The molecule has 7 nitrogen and oxygen atoms in total. The van der Waals surface area contributed by atoms with E-state index < -0.39 is 17.8 Å². The lowest BCUT2D eigenvalue weighted by atomic mass is 10.1. The molecule has 3 aromatic rings. The van der Waals surface area contributed by atoms with Gasteiger partial charge in [0, 0.05) is 5.02 Å². The van der Waals surface area contributed by atoms with Gasteiger partial charge in [-0.2, -0.15) is 0 Å². The van der Waals surface area contributed by atoms with Crippen LogP contribution < -0.4 is 10.1 Å². The van der Waals surface area contributed by atoms with E-state index in [0.717, 1.165) is 6.07 Å². The zero-order valence-corrected chi connectivity index (χ0v) is 15.0. The summed E-state index contributed by atoms with van der Waals surface area (Å²) >= 11 is 5.68. The van der Waals surface area contributed by atoms with Gasteiger partial charge in [0.15, 0.2) is 0 Å². The zero-order valence-electron chi connectivity index (χ0n) is 14.3. The first-order valence-electron chi connectivity index (χ1n) is 7.94. The molecule has 1 amide bonds. The number of carbonyl (C=O) groups excluding carboxylic acids is 1. The van der Waals surface area contributed by atoms with Crippen LogP contribution in [0.5, 0.6) is 5.75 Å². The maximum absolute atomic E-state index is 13.8. The van der Waals surface area contributed by atoms with E-state index in [-0.39, 0.29) is 23.1 Å². The van der Waals surface area contributed by atoms with Gasteiger partial charge in [-0.15, -0.1) is 5.10 Å². The van der Waals surface area contributed by atoms with Crippen LogP contribution in [-0.4, -0.2) is 32.9 Å². The summed E-state index contributed by atoms with van der Waals surface area (Å²) in [6.45, 7) is 0.0991. The lowest BCUT2D eigenvalue weighted by molar-refractivity contribution is 0.101. The molecule has 0 saturated carbocycles. The number of benzene rings is 2. The second-order valence-electron chi connectivity index (χ2n) is 5.66. The van der Waals surface area contributed by atoms with E-state index in [4.69, 9.17) is 16.3 Å². The Kier molecular flexibility index (Phi) is 5.68. The number of aromatic nitrogens is 3. The van der Waals surface area contributed by atoms with E-state index in [2.05, 4.69) is 15.4 Å². The second kappa shape index (κ2) is 8.15. The van der Waals surface area contributed by atoms with Gasteiger partial charge in [-0.1, -0.05) is 23.7 Å². The first-order valence-corrected chi connectivity index (χ1v) is 8.32. The number of nitrogens with one attached hydrogen (secondary N) is 1. The highest BCUT2D eigenvalue weighted by molar-refractivity contribution is 6.30. The van der Waals surface area contributed by atoms with Crippen molar-refractivity contribution in [2.45, 2.75) is 12.6 Å². The van der Waals surface area contributed by atoms with Crippen LogP contribution in [0.15, 0.2) is 48.8 Å². The normalized spacial score (nSPS) is 11.9. The van der Waals surface area contributed by atoms with Crippen molar-refractivity contribution in [3.05, 3.63) is 71.0 Å². The highest BCUT2D eigenvalue weighted by atomic mass is 35.5. The molecule has 0 spiro atoms. The molecule has 3 rings (SSSR count). The number of methoxy groups -OCH3 is 1. The van der Waals surface area contributed by atoms with E-state index in [1.807, 2.05) is 0 Å². The highest BCUT2D eigenvalue weighted by Crippen LogP contribution is 2.20. The topological polar surface area (TPSA) is 89.3 Å². The van der Waals surface area contributed by atoms with Crippen LogP contribution in [0, 0.1) is 5.82 Å². The molecule has 0 aliphatic heterocycles. The number of amides is 1. The Hall–Kier alpha value is -2.97. The Balaban J connectivity index is 1.65. The number of carbonyl (C=O) groups is 1.